The van der Waals surface area contributed by atoms with Crippen LogP contribution in [0.2, 0.25) is 0 Å². The standard InChI is InChI=1S/C16H24N2O2/c1-20-15-9-13(17)8-14(10-15)18-7-6-16(19)5-3-2-4-12(16)11-18/h8-10,12,19H,2-7,11,17H2,1H3. The Bertz CT molecular complexity index is 491. The average Bonchev–Trinajstić information content (AvgIpc) is 2.45. The smallest absolute Gasteiger partial charge is 0.122 e. The minimum atomic E-state index is -0.431. The molecule has 1 aliphatic heterocycles. The summed E-state index contributed by atoms with van der Waals surface area (Å²) < 4.78 is 5.30. The van der Waals surface area contributed by atoms with Crippen LogP contribution in [0.15, 0.2) is 18.2 Å². The highest BCUT2D eigenvalue weighted by Gasteiger charge is 2.42. The molecule has 0 amide bonds. The zero-order valence-corrected chi connectivity index (χ0v) is 12.1. The number of rotatable bonds is 2. The minimum Gasteiger partial charge on any atom is -0.497 e. The zero-order valence-electron chi connectivity index (χ0n) is 12.1. The van der Waals surface area contributed by atoms with Gasteiger partial charge in [0.15, 0.2) is 0 Å². The predicted octanol–water partition coefficient (Wildman–Crippen LogP) is 2.41. The van der Waals surface area contributed by atoms with Crippen LogP contribution in [0.5, 0.6) is 5.75 Å². The summed E-state index contributed by atoms with van der Waals surface area (Å²) in [5.74, 6) is 1.18. The molecule has 2 unspecified atom stereocenters. The molecule has 1 heterocycles. The summed E-state index contributed by atoms with van der Waals surface area (Å²) in [6.07, 6.45) is 5.35. The lowest BCUT2D eigenvalue weighted by Gasteiger charge is -2.48. The molecule has 3 rings (SSSR count). The van der Waals surface area contributed by atoms with Crippen LogP contribution in [-0.2, 0) is 0 Å². The fourth-order valence-electron chi connectivity index (χ4n) is 3.71. The Hall–Kier alpha value is -1.42. The van der Waals surface area contributed by atoms with Gasteiger partial charge >= 0.3 is 0 Å². The van der Waals surface area contributed by atoms with E-state index in [0.29, 0.717) is 5.92 Å². The Balaban J connectivity index is 1.80. The number of hydrogen-bond donors (Lipinski definition) is 2. The van der Waals surface area contributed by atoms with Gasteiger partial charge in [-0.1, -0.05) is 12.8 Å². The molecule has 2 atom stereocenters. The molecule has 1 aliphatic carbocycles. The molecule has 1 aromatic rings. The summed E-state index contributed by atoms with van der Waals surface area (Å²) in [6, 6.07) is 5.86. The number of nitrogens with zero attached hydrogens (tertiary/aromatic N) is 1. The van der Waals surface area contributed by atoms with Crippen LogP contribution in [0.4, 0.5) is 11.4 Å². The molecular weight excluding hydrogens is 252 g/mol. The van der Waals surface area contributed by atoms with Gasteiger partial charge in [-0.05, 0) is 25.3 Å². The molecule has 4 nitrogen and oxygen atoms in total. The maximum atomic E-state index is 10.7. The van der Waals surface area contributed by atoms with E-state index in [-0.39, 0.29) is 0 Å². The minimum absolute atomic E-state index is 0.387. The fourth-order valence-corrected chi connectivity index (χ4v) is 3.71. The SMILES string of the molecule is COc1cc(N)cc(N2CCC3(O)CCCCC3C2)c1. The van der Waals surface area contributed by atoms with Crippen molar-refractivity contribution in [3.63, 3.8) is 0 Å². The van der Waals surface area contributed by atoms with Crippen molar-refractivity contribution in [1.82, 2.24) is 0 Å². The van der Waals surface area contributed by atoms with Crippen molar-refractivity contribution < 1.29 is 9.84 Å². The van der Waals surface area contributed by atoms with Gasteiger partial charge in [0.25, 0.3) is 0 Å². The van der Waals surface area contributed by atoms with Gasteiger partial charge in [-0.3, -0.25) is 0 Å². The number of aliphatic hydroxyl groups is 1. The van der Waals surface area contributed by atoms with Crippen LogP contribution in [0.25, 0.3) is 0 Å². The lowest BCUT2D eigenvalue weighted by atomic mass is 9.71. The van der Waals surface area contributed by atoms with Crippen LogP contribution in [0.3, 0.4) is 0 Å². The third-order valence-corrected chi connectivity index (χ3v) is 4.94. The molecule has 110 valence electrons. The van der Waals surface area contributed by atoms with Crippen molar-refractivity contribution in [2.75, 3.05) is 30.8 Å². The monoisotopic (exact) mass is 276 g/mol. The molecule has 1 saturated carbocycles. The molecule has 1 saturated heterocycles. The van der Waals surface area contributed by atoms with Gasteiger partial charge in [0.1, 0.15) is 5.75 Å². The summed E-state index contributed by atoms with van der Waals surface area (Å²) in [4.78, 5) is 2.34. The van der Waals surface area contributed by atoms with E-state index < -0.39 is 5.60 Å². The van der Waals surface area contributed by atoms with E-state index in [4.69, 9.17) is 10.5 Å². The highest BCUT2D eigenvalue weighted by atomic mass is 16.5. The van der Waals surface area contributed by atoms with Crippen molar-refractivity contribution in [3.8, 4) is 5.75 Å². The Kier molecular flexibility index (Phi) is 3.50. The molecule has 2 aliphatic rings. The first-order valence-corrected chi connectivity index (χ1v) is 7.53. The second kappa shape index (κ2) is 5.17. The van der Waals surface area contributed by atoms with Gasteiger partial charge in [-0.15, -0.1) is 0 Å². The van der Waals surface area contributed by atoms with Gasteiger partial charge in [-0.25, -0.2) is 0 Å². The summed E-state index contributed by atoms with van der Waals surface area (Å²) in [7, 11) is 1.66. The van der Waals surface area contributed by atoms with Crippen molar-refractivity contribution in [3.05, 3.63) is 18.2 Å². The van der Waals surface area contributed by atoms with E-state index in [1.807, 2.05) is 18.2 Å². The second-order valence-electron chi connectivity index (χ2n) is 6.21. The Labute approximate surface area is 120 Å². The summed E-state index contributed by atoms with van der Waals surface area (Å²) in [6.45, 7) is 1.81. The van der Waals surface area contributed by atoms with E-state index in [1.165, 1.54) is 12.8 Å². The number of nitrogen functional groups attached to an aromatic ring is 1. The van der Waals surface area contributed by atoms with Gasteiger partial charge < -0.3 is 20.5 Å². The molecular formula is C16H24N2O2. The van der Waals surface area contributed by atoms with Crippen LogP contribution < -0.4 is 15.4 Å². The van der Waals surface area contributed by atoms with Crippen molar-refractivity contribution in [1.29, 1.82) is 0 Å². The number of benzene rings is 1. The number of fused-ring (bicyclic) bond motifs is 1. The van der Waals surface area contributed by atoms with Crippen molar-refractivity contribution in [2.24, 2.45) is 5.92 Å². The molecule has 0 aromatic heterocycles. The first-order chi connectivity index (χ1) is 9.60. The lowest BCUT2D eigenvalue weighted by Crippen LogP contribution is -2.53. The van der Waals surface area contributed by atoms with Gasteiger partial charge in [0.05, 0.1) is 12.7 Å². The molecule has 20 heavy (non-hydrogen) atoms. The van der Waals surface area contributed by atoms with Gasteiger partial charge in [-0.2, -0.15) is 0 Å². The van der Waals surface area contributed by atoms with Crippen LogP contribution >= 0.6 is 0 Å². The number of piperidine rings is 1. The quantitative estimate of drug-likeness (QED) is 0.814. The molecule has 0 radical (unpaired) electrons. The summed E-state index contributed by atoms with van der Waals surface area (Å²) >= 11 is 0. The van der Waals surface area contributed by atoms with E-state index in [0.717, 1.165) is 49.5 Å². The molecule has 3 N–H and O–H groups in total. The Morgan fingerprint density at radius 3 is 2.95 bits per heavy atom. The first kappa shape index (κ1) is 13.6. The van der Waals surface area contributed by atoms with Gasteiger partial charge in [0, 0.05) is 42.5 Å². The summed E-state index contributed by atoms with van der Waals surface area (Å²) in [5.41, 5.74) is 7.34. The number of methoxy groups -OCH3 is 1. The molecule has 1 aromatic carbocycles. The maximum Gasteiger partial charge on any atom is 0.122 e. The van der Waals surface area contributed by atoms with E-state index in [1.54, 1.807) is 7.11 Å². The third-order valence-electron chi connectivity index (χ3n) is 4.94. The van der Waals surface area contributed by atoms with E-state index in [9.17, 15) is 5.11 Å². The Morgan fingerprint density at radius 2 is 2.15 bits per heavy atom. The predicted molar refractivity (Wildman–Crippen MR) is 81.1 cm³/mol. The van der Waals surface area contributed by atoms with Gasteiger partial charge in [0.2, 0.25) is 0 Å². The molecule has 0 spiro atoms. The highest BCUT2D eigenvalue weighted by molar-refractivity contribution is 5.61. The zero-order chi connectivity index (χ0) is 14.2. The Morgan fingerprint density at radius 1 is 1.30 bits per heavy atom. The highest BCUT2D eigenvalue weighted by Crippen LogP contribution is 2.41. The largest absolute Gasteiger partial charge is 0.497 e. The third kappa shape index (κ3) is 2.44. The molecule has 0 bridgehead atoms. The molecule has 2 fully saturated rings. The molecule has 4 heteroatoms. The lowest BCUT2D eigenvalue weighted by molar-refractivity contribution is -0.0612. The second-order valence-corrected chi connectivity index (χ2v) is 6.21. The summed E-state index contributed by atoms with van der Waals surface area (Å²) in [5, 5.41) is 10.7. The van der Waals surface area contributed by atoms with E-state index in [2.05, 4.69) is 4.90 Å². The van der Waals surface area contributed by atoms with Crippen molar-refractivity contribution >= 4 is 11.4 Å². The van der Waals surface area contributed by atoms with Crippen molar-refractivity contribution in [2.45, 2.75) is 37.7 Å². The van der Waals surface area contributed by atoms with Crippen LogP contribution in [0.1, 0.15) is 32.1 Å². The fraction of sp³-hybridized carbons (Fsp3) is 0.625. The maximum absolute atomic E-state index is 10.7. The van der Waals surface area contributed by atoms with Crippen LogP contribution in [0, 0.1) is 5.92 Å². The van der Waals surface area contributed by atoms with E-state index >= 15 is 0 Å². The normalized spacial score (nSPS) is 29.9. The number of nitrogens with two attached hydrogens (primary N) is 1. The number of hydrogen-bond acceptors (Lipinski definition) is 4. The number of ether oxygens (including phenoxy) is 1. The average molecular weight is 276 g/mol. The first-order valence-electron chi connectivity index (χ1n) is 7.53. The number of anilines is 2. The van der Waals surface area contributed by atoms with Crippen LogP contribution in [-0.4, -0.2) is 30.9 Å². The topological polar surface area (TPSA) is 58.7 Å².